The molecule has 2 amide bonds. The average Bonchev–Trinajstić information content (AvgIpc) is 3.31. The van der Waals surface area contributed by atoms with Crippen molar-refractivity contribution in [1.29, 1.82) is 0 Å². The van der Waals surface area contributed by atoms with Crippen LogP contribution in [0.1, 0.15) is 30.1 Å². The molecule has 1 fully saturated rings. The van der Waals surface area contributed by atoms with E-state index >= 15 is 0 Å². The van der Waals surface area contributed by atoms with E-state index in [0.717, 1.165) is 30.2 Å². The first kappa shape index (κ1) is 20.9. The van der Waals surface area contributed by atoms with Crippen molar-refractivity contribution in [1.82, 2.24) is 5.32 Å². The van der Waals surface area contributed by atoms with Crippen molar-refractivity contribution in [3.05, 3.63) is 72.3 Å². The van der Waals surface area contributed by atoms with Crippen molar-refractivity contribution in [2.45, 2.75) is 32.0 Å². The summed E-state index contributed by atoms with van der Waals surface area (Å²) < 4.78 is 11.4. The van der Waals surface area contributed by atoms with Crippen molar-refractivity contribution in [2.75, 3.05) is 18.5 Å². The van der Waals surface area contributed by atoms with E-state index in [-0.39, 0.29) is 17.9 Å². The topological polar surface area (TPSA) is 76.7 Å². The third kappa shape index (κ3) is 5.22. The highest BCUT2D eigenvalue weighted by molar-refractivity contribution is 6.04. The SMILES string of the molecule is C[C@@H](Oc1ccc2ccccc2c1)C(=O)Nc1ccccc1C(=O)NC[C@@H]1CCCO1. The van der Waals surface area contributed by atoms with Crippen LogP contribution in [0.5, 0.6) is 5.75 Å². The Morgan fingerprint density at radius 2 is 1.84 bits per heavy atom. The Morgan fingerprint density at radius 1 is 1.06 bits per heavy atom. The number of nitrogens with one attached hydrogen (secondary N) is 2. The molecular weight excluding hydrogens is 392 g/mol. The first-order chi connectivity index (χ1) is 15.1. The molecule has 2 atom stereocenters. The van der Waals surface area contributed by atoms with E-state index in [1.165, 1.54) is 0 Å². The standard InChI is InChI=1S/C25H26N2O4/c1-17(31-20-13-12-18-7-2-3-8-19(18)15-20)24(28)27-23-11-5-4-10-22(23)25(29)26-16-21-9-6-14-30-21/h2-5,7-8,10-13,15,17,21H,6,9,14,16H2,1H3,(H,26,29)(H,27,28)/t17-,21+/m1/s1. The fourth-order valence-electron chi connectivity index (χ4n) is 3.63. The Labute approximate surface area is 181 Å². The highest BCUT2D eigenvalue weighted by Crippen LogP contribution is 2.22. The van der Waals surface area contributed by atoms with Crippen molar-refractivity contribution in [3.8, 4) is 5.75 Å². The number of hydrogen-bond acceptors (Lipinski definition) is 4. The van der Waals surface area contributed by atoms with Gasteiger partial charge in [-0.3, -0.25) is 9.59 Å². The van der Waals surface area contributed by atoms with Crippen LogP contribution in [0.25, 0.3) is 10.8 Å². The van der Waals surface area contributed by atoms with Gasteiger partial charge >= 0.3 is 0 Å². The smallest absolute Gasteiger partial charge is 0.265 e. The molecule has 1 heterocycles. The summed E-state index contributed by atoms with van der Waals surface area (Å²) in [6.07, 6.45) is 1.29. The third-order valence-electron chi connectivity index (χ3n) is 5.35. The van der Waals surface area contributed by atoms with E-state index in [1.54, 1.807) is 31.2 Å². The molecule has 0 aliphatic carbocycles. The van der Waals surface area contributed by atoms with Gasteiger partial charge in [-0.1, -0.05) is 42.5 Å². The van der Waals surface area contributed by atoms with Crippen LogP contribution >= 0.6 is 0 Å². The fourth-order valence-corrected chi connectivity index (χ4v) is 3.63. The summed E-state index contributed by atoms with van der Waals surface area (Å²) in [4.78, 5) is 25.4. The third-order valence-corrected chi connectivity index (χ3v) is 5.35. The maximum absolute atomic E-state index is 12.7. The molecule has 1 aliphatic rings. The monoisotopic (exact) mass is 418 g/mol. The number of amides is 2. The molecule has 6 heteroatoms. The molecule has 0 aromatic heterocycles. The number of fused-ring (bicyclic) bond motifs is 1. The van der Waals surface area contributed by atoms with Crippen molar-refractivity contribution < 1.29 is 19.1 Å². The molecule has 31 heavy (non-hydrogen) atoms. The lowest BCUT2D eigenvalue weighted by molar-refractivity contribution is -0.122. The molecule has 4 rings (SSSR count). The first-order valence-electron chi connectivity index (χ1n) is 10.6. The van der Waals surface area contributed by atoms with Crippen molar-refractivity contribution in [3.63, 3.8) is 0 Å². The predicted molar refractivity (Wildman–Crippen MR) is 120 cm³/mol. The highest BCUT2D eigenvalue weighted by atomic mass is 16.5. The molecule has 0 radical (unpaired) electrons. The van der Waals surface area contributed by atoms with Gasteiger partial charge in [0.1, 0.15) is 5.75 Å². The molecule has 3 aromatic carbocycles. The van der Waals surface area contributed by atoms with Crippen LogP contribution in [0.2, 0.25) is 0 Å². The number of anilines is 1. The molecule has 3 aromatic rings. The maximum atomic E-state index is 12.7. The van der Waals surface area contributed by atoms with E-state index in [0.29, 0.717) is 23.5 Å². The average molecular weight is 418 g/mol. The number of para-hydroxylation sites is 1. The zero-order valence-corrected chi connectivity index (χ0v) is 17.5. The lowest BCUT2D eigenvalue weighted by Gasteiger charge is -2.17. The molecule has 0 bridgehead atoms. The van der Waals surface area contributed by atoms with E-state index in [4.69, 9.17) is 9.47 Å². The summed E-state index contributed by atoms with van der Waals surface area (Å²) in [6, 6.07) is 20.6. The van der Waals surface area contributed by atoms with Crippen molar-refractivity contribution >= 4 is 28.3 Å². The number of benzene rings is 3. The van der Waals surface area contributed by atoms with Gasteiger partial charge in [-0.05, 0) is 54.8 Å². The number of hydrogen-bond donors (Lipinski definition) is 2. The van der Waals surface area contributed by atoms with Crippen LogP contribution in [0.15, 0.2) is 66.7 Å². The number of carbonyl (C=O) groups excluding carboxylic acids is 2. The molecule has 1 aliphatic heterocycles. The van der Waals surface area contributed by atoms with E-state index in [2.05, 4.69) is 10.6 Å². The molecule has 2 N–H and O–H groups in total. The largest absolute Gasteiger partial charge is 0.481 e. The van der Waals surface area contributed by atoms with Crippen LogP contribution in [0, 0.1) is 0 Å². The van der Waals surface area contributed by atoms with Crippen LogP contribution in [-0.4, -0.2) is 37.2 Å². The van der Waals surface area contributed by atoms with Crippen LogP contribution < -0.4 is 15.4 Å². The van der Waals surface area contributed by atoms with Gasteiger partial charge in [-0.2, -0.15) is 0 Å². The van der Waals surface area contributed by atoms with E-state index < -0.39 is 6.10 Å². The Balaban J connectivity index is 1.39. The van der Waals surface area contributed by atoms with Gasteiger partial charge < -0.3 is 20.1 Å². The minimum Gasteiger partial charge on any atom is -0.481 e. The maximum Gasteiger partial charge on any atom is 0.265 e. The summed E-state index contributed by atoms with van der Waals surface area (Å²) in [5.41, 5.74) is 0.859. The number of ether oxygens (including phenoxy) is 2. The molecular formula is C25H26N2O4. The van der Waals surface area contributed by atoms with Gasteiger partial charge in [0.05, 0.1) is 17.4 Å². The lowest BCUT2D eigenvalue weighted by Crippen LogP contribution is -2.34. The zero-order valence-electron chi connectivity index (χ0n) is 17.5. The second-order valence-electron chi connectivity index (χ2n) is 7.65. The summed E-state index contributed by atoms with van der Waals surface area (Å²) in [5.74, 6) is 0.0472. The van der Waals surface area contributed by atoms with Gasteiger partial charge in [-0.25, -0.2) is 0 Å². The highest BCUT2D eigenvalue weighted by Gasteiger charge is 2.20. The summed E-state index contributed by atoms with van der Waals surface area (Å²) >= 11 is 0. The Bertz CT molecular complexity index is 1080. The molecule has 0 saturated carbocycles. The van der Waals surface area contributed by atoms with Gasteiger partial charge in [0, 0.05) is 13.2 Å². The van der Waals surface area contributed by atoms with Gasteiger partial charge in [0.15, 0.2) is 6.10 Å². The van der Waals surface area contributed by atoms with Crippen molar-refractivity contribution in [2.24, 2.45) is 0 Å². The van der Waals surface area contributed by atoms with Crippen LogP contribution in [0.4, 0.5) is 5.69 Å². The predicted octanol–water partition coefficient (Wildman–Crippen LogP) is 4.15. The Kier molecular flexibility index (Phi) is 6.48. The molecule has 0 unspecified atom stereocenters. The summed E-state index contributed by atoms with van der Waals surface area (Å²) in [5, 5.41) is 7.86. The van der Waals surface area contributed by atoms with Gasteiger partial charge in [0.2, 0.25) is 0 Å². The second-order valence-corrected chi connectivity index (χ2v) is 7.65. The van der Waals surface area contributed by atoms with Gasteiger partial charge in [-0.15, -0.1) is 0 Å². The van der Waals surface area contributed by atoms with Gasteiger partial charge in [0.25, 0.3) is 11.8 Å². The fraction of sp³-hybridized carbons (Fsp3) is 0.280. The summed E-state index contributed by atoms with van der Waals surface area (Å²) in [6.45, 7) is 2.88. The molecule has 0 spiro atoms. The van der Waals surface area contributed by atoms with Crippen LogP contribution in [0.3, 0.4) is 0 Å². The Hall–Kier alpha value is -3.38. The molecule has 1 saturated heterocycles. The second kappa shape index (κ2) is 9.62. The minimum atomic E-state index is -0.732. The first-order valence-corrected chi connectivity index (χ1v) is 10.6. The minimum absolute atomic E-state index is 0.0566. The van der Waals surface area contributed by atoms with E-state index in [9.17, 15) is 9.59 Å². The summed E-state index contributed by atoms with van der Waals surface area (Å²) in [7, 11) is 0. The van der Waals surface area contributed by atoms with E-state index in [1.807, 2.05) is 42.5 Å². The normalized spacial score (nSPS) is 16.6. The zero-order chi connectivity index (χ0) is 21.6. The molecule has 6 nitrogen and oxygen atoms in total. The lowest BCUT2D eigenvalue weighted by atomic mass is 10.1. The quantitative estimate of drug-likeness (QED) is 0.604. The molecule has 160 valence electrons. The number of rotatable bonds is 7. The van der Waals surface area contributed by atoms with Crippen LogP contribution in [-0.2, 0) is 9.53 Å². The number of carbonyl (C=O) groups is 2. The Morgan fingerprint density at radius 3 is 2.65 bits per heavy atom.